The second kappa shape index (κ2) is 5.70. The number of carbonyl (C=O) groups is 2. The summed E-state index contributed by atoms with van der Waals surface area (Å²) >= 11 is 0. The topological polar surface area (TPSA) is 77.8 Å². The minimum Gasteiger partial charge on any atom is -0.481 e. The summed E-state index contributed by atoms with van der Waals surface area (Å²) in [6.07, 6.45) is 1.63. The molecule has 1 unspecified atom stereocenters. The van der Waals surface area contributed by atoms with Crippen LogP contribution < -0.4 is 0 Å². The van der Waals surface area contributed by atoms with E-state index in [1.54, 1.807) is 4.90 Å². The van der Waals surface area contributed by atoms with Gasteiger partial charge in [0.2, 0.25) is 5.91 Å². The van der Waals surface area contributed by atoms with Crippen LogP contribution in [0.3, 0.4) is 0 Å². The van der Waals surface area contributed by atoms with Gasteiger partial charge in [-0.25, -0.2) is 0 Å². The van der Waals surface area contributed by atoms with E-state index >= 15 is 0 Å². The molecule has 1 heterocycles. The molecule has 0 saturated carbocycles. The Labute approximate surface area is 88.7 Å². The quantitative estimate of drug-likeness (QED) is 0.681. The van der Waals surface area contributed by atoms with Crippen LogP contribution in [0.15, 0.2) is 0 Å². The molecule has 1 rings (SSSR count). The van der Waals surface area contributed by atoms with Crippen LogP contribution in [0, 0.1) is 5.92 Å². The third-order valence-electron chi connectivity index (χ3n) is 2.73. The van der Waals surface area contributed by atoms with Gasteiger partial charge in [0.1, 0.15) is 0 Å². The third-order valence-corrected chi connectivity index (χ3v) is 2.73. The monoisotopic (exact) mass is 215 g/mol. The van der Waals surface area contributed by atoms with Gasteiger partial charge in [0.25, 0.3) is 0 Å². The normalized spacial score (nSPS) is 20.6. The molecule has 86 valence electrons. The highest BCUT2D eigenvalue weighted by atomic mass is 16.4. The minimum absolute atomic E-state index is 0.0845. The van der Waals surface area contributed by atoms with Gasteiger partial charge in [0, 0.05) is 26.1 Å². The molecule has 5 nitrogen and oxygen atoms in total. The first-order chi connectivity index (χ1) is 7.13. The molecule has 0 spiro atoms. The van der Waals surface area contributed by atoms with Crippen molar-refractivity contribution in [3.05, 3.63) is 0 Å². The Kier molecular flexibility index (Phi) is 4.55. The molecule has 1 aliphatic heterocycles. The maximum Gasteiger partial charge on any atom is 0.303 e. The Hall–Kier alpha value is -1.10. The van der Waals surface area contributed by atoms with E-state index in [0.29, 0.717) is 19.0 Å². The predicted molar refractivity (Wildman–Crippen MR) is 53.3 cm³/mol. The first-order valence-electron chi connectivity index (χ1n) is 5.24. The molecule has 0 aromatic heterocycles. The molecule has 15 heavy (non-hydrogen) atoms. The van der Waals surface area contributed by atoms with Crippen LogP contribution in [-0.4, -0.2) is 46.7 Å². The summed E-state index contributed by atoms with van der Waals surface area (Å²) in [6, 6.07) is 0. The maximum atomic E-state index is 11.5. The molecule has 1 atom stereocenters. The number of nitrogens with zero attached hydrogens (tertiary/aromatic N) is 1. The first kappa shape index (κ1) is 12.0. The SMILES string of the molecule is O=C(O)CCC(=O)N1CCC(CCO)C1. The van der Waals surface area contributed by atoms with Gasteiger partial charge in [-0.2, -0.15) is 0 Å². The number of rotatable bonds is 5. The lowest BCUT2D eigenvalue weighted by Gasteiger charge is -2.15. The Balaban J connectivity index is 2.27. The maximum absolute atomic E-state index is 11.5. The highest BCUT2D eigenvalue weighted by Crippen LogP contribution is 2.19. The first-order valence-corrected chi connectivity index (χ1v) is 5.24. The molecule has 1 aliphatic rings. The van der Waals surface area contributed by atoms with Crippen molar-refractivity contribution in [2.24, 2.45) is 5.92 Å². The number of likely N-dealkylation sites (tertiary alicyclic amines) is 1. The van der Waals surface area contributed by atoms with E-state index in [1.165, 1.54) is 0 Å². The van der Waals surface area contributed by atoms with E-state index in [0.717, 1.165) is 12.8 Å². The summed E-state index contributed by atoms with van der Waals surface area (Å²) in [5.41, 5.74) is 0. The molecular formula is C10H17NO4. The third kappa shape index (κ3) is 3.87. The zero-order chi connectivity index (χ0) is 11.3. The fourth-order valence-corrected chi connectivity index (χ4v) is 1.85. The van der Waals surface area contributed by atoms with Crippen LogP contribution in [0.4, 0.5) is 0 Å². The van der Waals surface area contributed by atoms with Gasteiger partial charge in [-0.3, -0.25) is 9.59 Å². The average Bonchev–Trinajstić information content (AvgIpc) is 2.63. The van der Waals surface area contributed by atoms with Gasteiger partial charge < -0.3 is 15.1 Å². The number of aliphatic hydroxyl groups is 1. The van der Waals surface area contributed by atoms with Crippen molar-refractivity contribution in [3.8, 4) is 0 Å². The largest absolute Gasteiger partial charge is 0.481 e. The highest BCUT2D eigenvalue weighted by molar-refractivity contribution is 5.80. The van der Waals surface area contributed by atoms with Crippen LogP contribution in [0.5, 0.6) is 0 Å². The van der Waals surface area contributed by atoms with Gasteiger partial charge >= 0.3 is 5.97 Å². The Morgan fingerprint density at radius 3 is 2.67 bits per heavy atom. The van der Waals surface area contributed by atoms with Gasteiger partial charge in [-0.1, -0.05) is 0 Å². The smallest absolute Gasteiger partial charge is 0.303 e. The number of aliphatic hydroxyl groups excluding tert-OH is 1. The van der Waals surface area contributed by atoms with Gasteiger partial charge in [0.15, 0.2) is 0 Å². The zero-order valence-corrected chi connectivity index (χ0v) is 8.69. The molecule has 0 bridgehead atoms. The highest BCUT2D eigenvalue weighted by Gasteiger charge is 2.25. The number of amides is 1. The molecule has 0 aliphatic carbocycles. The second-order valence-corrected chi connectivity index (χ2v) is 3.90. The molecule has 0 aromatic rings. The van der Waals surface area contributed by atoms with E-state index in [2.05, 4.69) is 0 Å². The van der Waals surface area contributed by atoms with Crippen molar-refractivity contribution in [1.82, 2.24) is 4.90 Å². The number of carboxylic acid groups (broad SMARTS) is 1. The number of aliphatic carboxylic acids is 1. The zero-order valence-electron chi connectivity index (χ0n) is 8.69. The van der Waals surface area contributed by atoms with Crippen molar-refractivity contribution in [3.63, 3.8) is 0 Å². The standard InChI is InChI=1S/C10H17NO4/c12-6-4-8-3-5-11(7-8)9(13)1-2-10(14)15/h8,12H,1-7H2,(H,14,15). The van der Waals surface area contributed by atoms with Crippen LogP contribution in [-0.2, 0) is 9.59 Å². The molecule has 0 radical (unpaired) electrons. The van der Waals surface area contributed by atoms with Crippen LogP contribution >= 0.6 is 0 Å². The van der Waals surface area contributed by atoms with E-state index in [4.69, 9.17) is 10.2 Å². The molecule has 1 fully saturated rings. The molecule has 0 aromatic carbocycles. The number of carboxylic acids is 1. The van der Waals surface area contributed by atoms with Gasteiger partial charge in [0.05, 0.1) is 6.42 Å². The molecular weight excluding hydrogens is 198 g/mol. The molecule has 1 saturated heterocycles. The van der Waals surface area contributed by atoms with E-state index < -0.39 is 5.97 Å². The fraction of sp³-hybridized carbons (Fsp3) is 0.800. The summed E-state index contributed by atoms with van der Waals surface area (Å²) in [5.74, 6) is -0.643. The van der Waals surface area contributed by atoms with Crippen molar-refractivity contribution in [1.29, 1.82) is 0 Å². The Morgan fingerprint density at radius 1 is 1.33 bits per heavy atom. The predicted octanol–water partition coefficient (Wildman–Crippen LogP) is 0.0821. The summed E-state index contributed by atoms with van der Waals surface area (Å²) in [7, 11) is 0. The lowest BCUT2D eigenvalue weighted by molar-refractivity contribution is -0.140. The summed E-state index contributed by atoms with van der Waals surface area (Å²) in [5, 5.41) is 17.2. The summed E-state index contributed by atoms with van der Waals surface area (Å²) in [4.78, 5) is 23.5. The molecule has 5 heteroatoms. The number of hydrogen-bond acceptors (Lipinski definition) is 3. The van der Waals surface area contributed by atoms with Crippen molar-refractivity contribution in [2.45, 2.75) is 25.7 Å². The van der Waals surface area contributed by atoms with Crippen LogP contribution in [0.1, 0.15) is 25.7 Å². The molecule has 1 amide bonds. The van der Waals surface area contributed by atoms with Crippen molar-refractivity contribution in [2.75, 3.05) is 19.7 Å². The van der Waals surface area contributed by atoms with Gasteiger partial charge in [-0.05, 0) is 18.8 Å². The van der Waals surface area contributed by atoms with Gasteiger partial charge in [-0.15, -0.1) is 0 Å². The fourth-order valence-electron chi connectivity index (χ4n) is 1.85. The number of hydrogen-bond donors (Lipinski definition) is 2. The molecule has 2 N–H and O–H groups in total. The Morgan fingerprint density at radius 2 is 2.07 bits per heavy atom. The lowest BCUT2D eigenvalue weighted by Crippen LogP contribution is -2.29. The van der Waals surface area contributed by atoms with E-state index in [-0.39, 0.29) is 25.4 Å². The summed E-state index contributed by atoms with van der Waals surface area (Å²) in [6.45, 7) is 1.52. The van der Waals surface area contributed by atoms with E-state index in [1.807, 2.05) is 0 Å². The number of carbonyl (C=O) groups excluding carboxylic acids is 1. The van der Waals surface area contributed by atoms with Crippen LogP contribution in [0.2, 0.25) is 0 Å². The van der Waals surface area contributed by atoms with E-state index in [9.17, 15) is 9.59 Å². The second-order valence-electron chi connectivity index (χ2n) is 3.90. The Bertz CT molecular complexity index is 242. The minimum atomic E-state index is -0.936. The average molecular weight is 215 g/mol. The van der Waals surface area contributed by atoms with Crippen LogP contribution in [0.25, 0.3) is 0 Å². The summed E-state index contributed by atoms with van der Waals surface area (Å²) < 4.78 is 0. The lowest BCUT2D eigenvalue weighted by atomic mass is 10.1. The van der Waals surface area contributed by atoms with Crippen molar-refractivity contribution < 1.29 is 19.8 Å². The van der Waals surface area contributed by atoms with Crippen molar-refractivity contribution >= 4 is 11.9 Å².